The van der Waals surface area contributed by atoms with Gasteiger partial charge in [0.05, 0.1) is 16.8 Å². The fourth-order valence-corrected chi connectivity index (χ4v) is 3.02. The summed E-state index contributed by atoms with van der Waals surface area (Å²) in [5.41, 5.74) is -0.540. The van der Waals surface area contributed by atoms with E-state index in [1.807, 2.05) is 0 Å². The number of aryl methyl sites for hydroxylation is 1. The molecule has 0 spiro atoms. The van der Waals surface area contributed by atoms with Gasteiger partial charge in [-0.05, 0) is 18.6 Å². The van der Waals surface area contributed by atoms with E-state index in [1.165, 1.54) is 9.47 Å². The minimum atomic E-state index is -0.895. The molecule has 3 rings (SSSR count). The van der Waals surface area contributed by atoms with Gasteiger partial charge in [0.15, 0.2) is 0 Å². The van der Waals surface area contributed by atoms with Gasteiger partial charge in [0.2, 0.25) is 5.91 Å². The Morgan fingerprint density at radius 2 is 2.00 bits per heavy atom. The van der Waals surface area contributed by atoms with Crippen molar-refractivity contribution in [1.29, 1.82) is 0 Å². The number of hydrogen-bond donors (Lipinski definition) is 2. The minimum absolute atomic E-state index is 0.0717. The van der Waals surface area contributed by atoms with Crippen molar-refractivity contribution in [1.82, 2.24) is 14.5 Å². The molecule has 1 fully saturated rings. The van der Waals surface area contributed by atoms with Crippen LogP contribution in [0.2, 0.25) is 0 Å². The Hall–Kier alpha value is -2.90. The predicted octanol–water partition coefficient (Wildman–Crippen LogP) is 0.0130. The van der Waals surface area contributed by atoms with Crippen molar-refractivity contribution in [3.05, 3.63) is 45.1 Å². The van der Waals surface area contributed by atoms with E-state index in [4.69, 9.17) is 5.11 Å². The van der Waals surface area contributed by atoms with E-state index in [0.717, 1.165) is 0 Å². The lowest BCUT2D eigenvalue weighted by Crippen LogP contribution is -2.34. The van der Waals surface area contributed by atoms with Gasteiger partial charge < -0.3 is 10.0 Å². The number of aromatic nitrogens is 2. The molecule has 1 amide bonds. The number of rotatable bonds is 4. The van der Waals surface area contributed by atoms with E-state index in [-0.39, 0.29) is 25.4 Å². The average Bonchev–Trinajstić information content (AvgIpc) is 3.05. The zero-order valence-electron chi connectivity index (χ0n) is 12.9. The van der Waals surface area contributed by atoms with Crippen LogP contribution >= 0.6 is 0 Å². The SMILES string of the molecule is O=C(O)[C@H]1CCN(C(=O)CCn2c(=O)[nH]c(=O)c3ccccc32)C1. The third-order valence-electron chi connectivity index (χ3n) is 4.34. The van der Waals surface area contributed by atoms with Gasteiger partial charge >= 0.3 is 11.7 Å². The zero-order chi connectivity index (χ0) is 17.3. The lowest BCUT2D eigenvalue weighted by molar-refractivity contribution is -0.141. The standard InChI is InChI=1S/C16H17N3O5/c20-13(18-7-5-10(9-18)15(22)23)6-8-19-12-4-2-1-3-11(12)14(21)17-16(19)24/h1-4,10H,5-9H2,(H,22,23)(H,17,21,24)/t10-/m0/s1. The quantitative estimate of drug-likeness (QED) is 0.820. The van der Waals surface area contributed by atoms with Crippen molar-refractivity contribution in [3.8, 4) is 0 Å². The number of para-hydroxylation sites is 1. The molecular weight excluding hydrogens is 314 g/mol. The molecule has 1 aliphatic heterocycles. The molecule has 1 aromatic heterocycles. The molecule has 24 heavy (non-hydrogen) atoms. The smallest absolute Gasteiger partial charge is 0.328 e. The number of hydrogen-bond acceptors (Lipinski definition) is 4. The van der Waals surface area contributed by atoms with Gasteiger partial charge in [-0.15, -0.1) is 0 Å². The van der Waals surface area contributed by atoms with Crippen molar-refractivity contribution in [2.45, 2.75) is 19.4 Å². The summed E-state index contributed by atoms with van der Waals surface area (Å²) in [5, 5.41) is 9.37. The number of aliphatic carboxylic acids is 1. The molecule has 2 heterocycles. The number of carboxylic acids is 1. The van der Waals surface area contributed by atoms with Gasteiger partial charge in [-0.3, -0.25) is 23.9 Å². The molecule has 0 bridgehead atoms. The van der Waals surface area contributed by atoms with E-state index >= 15 is 0 Å². The van der Waals surface area contributed by atoms with Crippen LogP contribution in [-0.4, -0.2) is 44.5 Å². The second-order valence-electron chi connectivity index (χ2n) is 5.84. The highest BCUT2D eigenvalue weighted by Crippen LogP contribution is 2.17. The highest BCUT2D eigenvalue weighted by molar-refractivity contribution is 5.80. The molecule has 0 unspecified atom stereocenters. The molecule has 1 atom stereocenters. The second kappa shape index (κ2) is 6.31. The van der Waals surface area contributed by atoms with E-state index in [1.54, 1.807) is 24.3 Å². The lowest BCUT2D eigenvalue weighted by atomic mass is 10.1. The molecule has 2 aromatic rings. The maximum absolute atomic E-state index is 12.2. The Bertz CT molecular complexity index is 914. The average molecular weight is 331 g/mol. The van der Waals surface area contributed by atoms with Crippen LogP contribution in [-0.2, 0) is 16.1 Å². The number of benzene rings is 1. The van der Waals surface area contributed by atoms with Crippen molar-refractivity contribution < 1.29 is 14.7 Å². The summed E-state index contributed by atoms with van der Waals surface area (Å²) in [6, 6.07) is 6.70. The van der Waals surface area contributed by atoms with Crippen LogP contribution in [0.25, 0.3) is 10.9 Å². The summed E-state index contributed by atoms with van der Waals surface area (Å²) in [6.07, 6.45) is 0.519. The largest absolute Gasteiger partial charge is 0.481 e. The molecule has 1 saturated heterocycles. The van der Waals surface area contributed by atoms with Crippen molar-refractivity contribution in [2.24, 2.45) is 5.92 Å². The molecule has 8 nitrogen and oxygen atoms in total. The number of fused-ring (bicyclic) bond motifs is 1. The molecule has 1 aliphatic rings. The number of H-pyrrole nitrogens is 1. The van der Waals surface area contributed by atoms with Gasteiger partial charge in [0.1, 0.15) is 0 Å². The van der Waals surface area contributed by atoms with Gasteiger partial charge in [0.25, 0.3) is 5.56 Å². The zero-order valence-corrected chi connectivity index (χ0v) is 12.9. The van der Waals surface area contributed by atoms with Crippen LogP contribution in [0.15, 0.2) is 33.9 Å². The molecule has 126 valence electrons. The maximum atomic E-state index is 12.2. The number of aromatic amines is 1. The molecule has 2 N–H and O–H groups in total. The Balaban J connectivity index is 1.77. The Morgan fingerprint density at radius 1 is 1.25 bits per heavy atom. The van der Waals surface area contributed by atoms with Gasteiger partial charge in [-0.1, -0.05) is 12.1 Å². The van der Waals surface area contributed by atoms with Crippen LogP contribution in [0.4, 0.5) is 0 Å². The van der Waals surface area contributed by atoms with E-state index in [2.05, 4.69) is 4.98 Å². The normalized spacial score (nSPS) is 17.3. The lowest BCUT2D eigenvalue weighted by Gasteiger charge is -2.16. The van der Waals surface area contributed by atoms with Crippen molar-refractivity contribution >= 4 is 22.8 Å². The monoisotopic (exact) mass is 331 g/mol. The summed E-state index contributed by atoms with van der Waals surface area (Å²) >= 11 is 0. The Morgan fingerprint density at radius 3 is 2.71 bits per heavy atom. The number of likely N-dealkylation sites (tertiary alicyclic amines) is 1. The summed E-state index contributed by atoms with van der Waals surface area (Å²) in [7, 11) is 0. The van der Waals surface area contributed by atoms with Crippen molar-refractivity contribution in [2.75, 3.05) is 13.1 Å². The van der Waals surface area contributed by atoms with Crippen LogP contribution in [0, 0.1) is 5.92 Å². The molecule has 0 radical (unpaired) electrons. The minimum Gasteiger partial charge on any atom is -0.481 e. The highest BCUT2D eigenvalue weighted by Gasteiger charge is 2.30. The number of nitrogens with one attached hydrogen (secondary N) is 1. The predicted molar refractivity (Wildman–Crippen MR) is 85.8 cm³/mol. The third kappa shape index (κ3) is 2.94. The fraction of sp³-hybridized carbons (Fsp3) is 0.375. The number of amides is 1. The van der Waals surface area contributed by atoms with Gasteiger partial charge in [-0.2, -0.15) is 0 Å². The number of carbonyl (C=O) groups is 2. The first-order valence-electron chi connectivity index (χ1n) is 7.70. The summed E-state index contributed by atoms with van der Waals surface area (Å²) in [5.74, 6) is -1.61. The fourth-order valence-electron chi connectivity index (χ4n) is 3.02. The number of carbonyl (C=O) groups excluding carboxylic acids is 1. The number of carboxylic acid groups (broad SMARTS) is 1. The van der Waals surface area contributed by atoms with E-state index < -0.39 is 23.1 Å². The first kappa shape index (κ1) is 16.0. The van der Waals surface area contributed by atoms with E-state index in [9.17, 15) is 19.2 Å². The van der Waals surface area contributed by atoms with Crippen LogP contribution in [0.1, 0.15) is 12.8 Å². The molecule has 0 aliphatic carbocycles. The van der Waals surface area contributed by atoms with Gasteiger partial charge in [-0.25, -0.2) is 4.79 Å². The summed E-state index contributed by atoms with van der Waals surface area (Å²) in [6.45, 7) is 0.746. The number of nitrogens with zero attached hydrogens (tertiary/aromatic N) is 2. The summed E-state index contributed by atoms with van der Waals surface area (Å²) < 4.78 is 1.36. The van der Waals surface area contributed by atoms with Crippen LogP contribution in [0.5, 0.6) is 0 Å². The molecule has 1 aromatic carbocycles. The molecule has 0 saturated carbocycles. The Labute approximate surface area is 136 Å². The van der Waals surface area contributed by atoms with E-state index in [0.29, 0.717) is 23.9 Å². The van der Waals surface area contributed by atoms with Crippen LogP contribution in [0.3, 0.4) is 0 Å². The third-order valence-corrected chi connectivity index (χ3v) is 4.34. The Kier molecular flexibility index (Phi) is 4.20. The highest BCUT2D eigenvalue weighted by atomic mass is 16.4. The second-order valence-corrected chi connectivity index (χ2v) is 5.84. The maximum Gasteiger partial charge on any atom is 0.328 e. The topological polar surface area (TPSA) is 112 Å². The van der Waals surface area contributed by atoms with Crippen LogP contribution < -0.4 is 11.2 Å². The molecule has 8 heteroatoms. The van der Waals surface area contributed by atoms with Crippen molar-refractivity contribution in [3.63, 3.8) is 0 Å². The first-order valence-corrected chi connectivity index (χ1v) is 7.70. The molecular formula is C16H17N3O5. The van der Waals surface area contributed by atoms with Gasteiger partial charge in [0, 0.05) is 26.1 Å². The first-order chi connectivity index (χ1) is 11.5. The summed E-state index contributed by atoms with van der Waals surface area (Å²) in [4.78, 5) is 50.8.